The summed E-state index contributed by atoms with van der Waals surface area (Å²) in [5.74, 6) is 5.80. The molecule has 0 spiro atoms. The van der Waals surface area contributed by atoms with Crippen molar-refractivity contribution in [2.45, 2.75) is 38.8 Å². The molecule has 0 radical (unpaired) electrons. The number of aryl methyl sites for hydroxylation is 1. The van der Waals surface area contributed by atoms with Gasteiger partial charge < -0.3 is 15.0 Å². The quantitative estimate of drug-likeness (QED) is 0.404. The van der Waals surface area contributed by atoms with Crippen LogP contribution in [-0.2, 0) is 6.42 Å². The first-order valence-electron chi connectivity index (χ1n) is 11.6. The van der Waals surface area contributed by atoms with E-state index in [0.717, 1.165) is 28.8 Å². The van der Waals surface area contributed by atoms with Crippen molar-refractivity contribution in [3.63, 3.8) is 0 Å². The van der Waals surface area contributed by atoms with E-state index >= 15 is 0 Å². The van der Waals surface area contributed by atoms with Crippen LogP contribution < -0.4 is 0 Å². The van der Waals surface area contributed by atoms with Crippen LogP contribution in [0.3, 0.4) is 0 Å². The van der Waals surface area contributed by atoms with Gasteiger partial charge in [-0.05, 0) is 68.1 Å². The van der Waals surface area contributed by atoms with Gasteiger partial charge in [0.15, 0.2) is 0 Å². The number of carbonyl (C=O) groups is 1. The largest absolute Gasteiger partial charge is 0.378 e. The number of H-pyrrole nitrogens is 1. The number of amides is 1. The van der Waals surface area contributed by atoms with E-state index in [2.05, 4.69) is 54.1 Å². The molecule has 1 aliphatic heterocycles. The number of nitrogens with one attached hydrogen (secondary N) is 1. The van der Waals surface area contributed by atoms with Crippen molar-refractivity contribution in [1.29, 1.82) is 0 Å². The van der Waals surface area contributed by atoms with Gasteiger partial charge in [-0.2, -0.15) is 0 Å². The summed E-state index contributed by atoms with van der Waals surface area (Å²) in [4.78, 5) is 19.5. The van der Waals surface area contributed by atoms with Crippen molar-refractivity contribution in [3.8, 4) is 11.8 Å². The topological polar surface area (TPSA) is 56.3 Å². The van der Waals surface area contributed by atoms with Crippen molar-refractivity contribution >= 4 is 16.8 Å². The zero-order valence-corrected chi connectivity index (χ0v) is 19.7. The summed E-state index contributed by atoms with van der Waals surface area (Å²) in [6, 6.07) is 23.8. The number of benzene rings is 3. The number of aliphatic hydroxyl groups is 1. The summed E-state index contributed by atoms with van der Waals surface area (Å²) < 4.78 is 0. The van der Waals surface area contributed by atoms with Gasteiger partial charge >= 0.3 is 0 Å². The van der Waals surface area contributed by atoms with Crippen LogP contribution in [0.15, 0.2) is 72.8 Å². The second kappa shape index (κ2) is 8.52. The number of aromatic amines is 1. The van der Waals surface area contributed by atoms with Crippen molar-refractivity contribution in [1.82, 2.24) is 9.88 Å². The van der Waals surface area contributed by atoms with E-state index in [9.17, 15) is 9.90 Å². The Balaban J connectivity index is 1.60. The second-order valence-corrected chi connectivity index (χ2v) is 9.46. The maximum atomic E-state index is 13.9. The van der Waals surface area contributed by atoms with E-state index in [1.165, 1.54) is 10.9 Å². The number of carbonyl (C=O) groups excluding carboxylic acids is 1. The van der Waals surface area contributed by atoms with Gasteiger partial charge in [0.25, 0.3) is 5.91 Å². The van der Waals surface area contributed by atoms with Crippen molar-refractivity contribution in [3.05, 3.63) is 106 Å². The molecule has 0 saturated heterocycles. The maximum Gasteiger partial charge on any atom is 0.254 e. The molecule has 0 fully saturated rings. The lowest BCUT2D eigenvalue weighted by molar-refractivity contribution is 0.0691. The van der Waals surface area contributed by atoms with Gasteiger partial charge in [0.1, 0.15) is 5.60 Å². The highest BCUT2D eigenvalue weighted by atomic mass is 16.3. The number of rotatable bonds is 2. The third-order valence-corrected chi connectivity index (χ3v) is 6.40. The Morgan fingerprint density at radius 3 is 2.62 bits per heavy atom. The first-order valence-corrected chi connectivity index (χ1v) is 11.6. The fourth-order valence-electron chi connectivity index (χ4n) is 4.80. The molecule has 1 amide bonds. The number of nitrogens with zero attached hydrogens (tertiary/aromatic N) is 1. The van der Waals surface area contributed by atoms with Crippen LogP contribution in [0.2, 0.25) is 0 Å². The van der Waals surface area contributed by atoms with Crippen molar-refractivity contribution in [2.24, 2.45) is 0 Å². The average Bonchev–Trinajstić information content (AvgIpc) is 3.21. The molecule has 0 bridgehead atoms. The van der Waals surface area contributed by atoms with Crippen LogP contribution in [0.4, 0.5) is 0 Å². The normalized spacial score (nSPS) is 15.5. The first kappa shape index (κ1) is 22.0. The van der Waals surface area contributed by atoms with Crippen LogP contribution in [0.5, 0.6) is 0 Å². The van der Waals surface area contributed by atoms with E-state index < -0.39 is 5.60 Å². The van der Waals surface area contributed by atoms with Gasteiger partial charge in [0.05, 0.1) is 6.04 Å². The molecule has 1 aromatic heterocycles. The molecule has 4 aromatic rings. The highest BCUT2D eigenvalue weighted by Gasteiger charge is 2.35. The van der Waals surface area contributed by atoms with E-state index in [-0.39, 0.29) is 11.9 Å². The molecule has 0 unspecified atom stereocenters. The lowest BCUT2D eigenvalue weighted by atomic mass is 9.89. The summed E-state index contributed by atoms with van der Waals surface area (Å²) in [7, 11) is 0. The number of para-hydroxylation sites is 1. The van der Waals surface area contributed by atoms with E-state index in [0.29, 0.717) is 17.7 Å². The Bertz CT molecular complexity index is 1450. The summed E-state index contributed by atoms with van der Waals surface area (Å²) in [6.07, 6.45) is 0.797. The Hall–Kier alpha value is -3.81. The minimum absolute atomic E-state index is 0.0236. The molecule has 3 aromatic carbocycles. The van der Waals surface area contributed by atoms with Gasteiger partial charge in [-0.3, -0.25) is 4.79 Å². The van der Waals surface area contributed by atoms with Gasteiger partial charge in [0, 0.05) is 34.3 Å². The predicted octanol–water partition coefficient (Wildman–Crippen LogP) is 5.39. The second-order valence-electron chi connectivity index (χ2n) is 9.46. The minimum atomic E-state index is -1.09. The van der Waals surface area contributed by atoms with Gasteiger partial charge in [-0.1, -0.05) is 60.4 Å². The van der Waals surface area contributed by atoms with Crippen LogP contribution in [-0.4, -0.2) is 33.0 Å². The van der Waals surface area contributed by atoms with Crippen LogP contribution in [0.25, 0.3) is 10.9 Å². The van der Waals surface area contributed by atoms with Crippen molar-refractivity contribution < 1.29 is 9.90 Å². The van der Waals surface area contributed by atoms with Crippen LogP contribution >= 0.6 is 0 Å². The Morgan fingerprint density at radius 1 is 1.06 bits per heavy atom. The molecule has 4 nitrogen and oxygen atoms in total. The van der Waals surface area contributed by atoms with E-state index in [1.807, 2.05) is 47.4 Å². The zero-order chi connectivity index (χ0) is 23.9. The predicted molar refractivity (Wildman–Crippen MR) is 136 cm³/mol. The van der Waals surface area contributed by atoms with Crippen LogP contribution in [0, 0.1) is 18.8 Å². The highest BCUT2D eigenvalue weighted by Crippen LogP contribution is 2.40. The fraction of sp³-hybridized carbons (Fsp3) is 0.233. The number of hydrogen-bond acceptors (Lipinski definition) is 2. The number of hydrogen-bond donors (Lipinski definition) is 2. The molecule has 1 aliphatic rings. The fourth-order valence-corrected chi connectivity index (χ4v) is 4.80. The van der Waals surface area contributed by atoms with Gasteiger partial charge in [0.2, 0.25) is 0 Å². The summed E-state index contributed by atoms with van der Waals surface area (Å²) in [5, 5.41) is 11.2. The molecule has 0 saturated carbocycles. The lowest BCUT2D eigenvalue weighted by Crippen LogP contribution is -2.41. The summed E-state index contributed by atoms with van der Waals surface area (Å²) in [6.45, 7) is 6.02. The van der Waals surface area contributed by atoms with E-state index in [1.54, 1.807) is 13.8 Å². The first-order chi connectivity index (χ1) is 16.3. The molecule has 170 valence electrons. The third-order valence-electron chi connectivity index (χ3n) is 6.40. The molecule has 34 heavy (non-hydrogen) atoms. The number of fused-ring (bicyclic) bond motifs is 3. The monoisotopic (exact) mass is 448 g/mol. The van der Waals surface area contributed by atoms with Crippen LogP contribution in [0.1, 0.15) is 58.2 Å². The average molecular weight is 449 g/mol. The molecule has 1 atom stereocenters. The standard InChI is InChI=1S/C30H28N2O2/c1-20-9-4-5-12-23(20)28-27-25(24-13-6-7-14-26(24)31-27)16-18-32(28)29(33)22-11-8-10-21(19-22)15-17-30(2,3)34/h4-14,19,28,31,34H,16,18H2,1-3H3/t28-/m1/s1. The van der Waals surface area contributed by atoms with Crippen molar-refractivity contribution in [2.75, 3.05) is 6.54 Å². The molecular weight excluding hydrogens is 420 g/mol. The Kier molecular flexibility index (Phi) is 5.51. The third kappa shape index (κ3) is 4.11. The SMILES string of the molecule is Cc1ccccc1[C@@H]1c2[nH]c3ccccc3c2CCN1C(=O)c1cccc(C#CC(C)(C)O)c1. The minimum Gasteiger partial charge on any atom is -0.378 e. The Labute approximate surface area is 200 Å². The molecule has 2 heterocycles. The van der Waals surface area contributed by atoms with E-state index in [4.69, 9.17) is 0 Å². The molecule has 0 aliphatic carbocycles. The molecular formula is C30H28N2O2. The number of aromatic nitrogens is 1. The zero-order valence-electron chi connectivity index (χ0n) is 19.7. The molecule has 5 rings (SSSR count). The lowest BCUT2D eigenvalue weighted by Gasteiger charge is -2.37. The summed E-state index contributed by atoms with van der Waals surface area (Å²) in [5.41, 5.74) is 5.98. The highest BCUT2D eigenvalue weighted by molar-refractivity contribution is 5.96. The smallest absolute Gasteiger partial charge is 0.254 e. The van der Waals surface area contributed by atoms with Gasteiger partial charge in [-0.15, -0.1) is 0 Å². The molecule has 2 N–H and O–H groups in total. The maximum absolute atomic E-state index is 13.9. The van der Waals surface area contributed by atoms with Gasteiger partial charge in [-0.25, -0.2) is 0 Å². The Morgan fingerprint density at radius 2 is 1.82 bits per heavy atom. The summed E-state index contributed by atoms with van der Waals surface area (Å²) >= 11 is 0. The molecule has 4 heteroatoms.